The van der Waals surface area contributed by atoms with Crippen LogP contribution >= 0.6 is 11.6 Å². The maximum atomic E-state index is 14.4. The van der Waals surface area contributed by atoms with Crippen LogP contribution in [0.15, 0.2) is 108 Å². The average molecular weight is 618 g/mol. The van der Waals surface area contributed by atoms with E-state index in [2.05, 4.69) is 5.32 Å². The second-order valence-corrected chi connectivity index (χ2v) is 12.7. The lowest BCUT2D eigenvalue weighted by molar-refractivity contribution is -0.140. The molecule has 0 saturated heterocycles. The van der Waals surface area contributed by atoms with Crippen LogP contribution in [0.2, 0.25) is 5.02 Å². The number of benzene rings is 4. The molecule has 0 spiro atoms. The largest absolute Gasteiger partial charge is 0.355 e. The lowest BCUT2D eigenvalue weighted by atomic mass is 10.0. The molecule has 0 radical (unpaired) electrons. The van der Waals surface area contributed by atoms with Gasteiger partial charge >= 0.3 is 0 Å². The minimum absolute atomic E-state index is 0.000928. The van der Waals surface area contributed by atoms with Crippen molar-refractivity contribution in [3.05, 3.63) is 130 Å². The second-order valence-electron chi connectivity index (χ2n) is 10.4. The van der Waals surface area contributed by atoms with E-state index >= 15 is 0 Å². The number of nitrogens with zero attached hydrogens (tertiary/aromatic N) is 2. The summed E-state index contributed by atoms with van der Waals surface area (Å²) in [6, 6.07) is 29.1. The molecular weight excluding hydrogens is 582 g/mol. The fourth-order valence-corrected chi connectivity index (χ4v) is 6.43. The van der Waals surface area contributed by atoms with Crippen LogP contribution in [0.25, 0.3) is 0 Å². The van der Waals surface area contributed by atoms with E-state index in [-0.39, 0.29) is 23.8 Å². The molecule has 4 rings (SSSR count). The van der Waals surface area contributed by atoms with E-state index in [9.17, 15) is 18.0 Å². The van der Waals surface area contributed by atoms with Crippen molar-refractivity contribution in [2.75, 3.05) is 17.4 Å². The predicted molar refractivity (Wildman–Crippen MR) is 172 cm³/mol. The normalized spacial score (nSPS) is 11.9. The molecule has 9 heteroatoms. The third-order valence-corrected chi connectivity index (χ3v) is 9.07. The highest BCUT2D eigenvalue weighted by Crippen LogP contribution is 2.27. The van der Waals surface area contributed by atoms with Crippen LogP contribution in [-0.4, -0.2) is 44.3 Å². The number of amides is 2. The summed E-state index contributed by atoms with van der Waals surface area (Å²) < 4.78 is 29.2. The van der Waals surface area contributed by atoms with Crippen molar-refractivity contribution in [1.29, 1.82) is 0 Å². The predicted octanol–water partition coefficient (Wildman–Crippen LogP) is 5.93. The van der Waals surface area contributed by atoms with Crippen LogP contribution in [-0.2, 0) is 32.6 Å². The van der Waals surface area contributed by atoms with Crippen molar-refractivity contribution in [3.63, 3.8) is 0 Å². The van der Waals surface area contributed by atoms with E-state index in [1.54, 1.807) is 18.2 Å². The Kier molecular flexibility index (Phi) is 10.6. The smallest absolute Gasteiger partial charge is 0.264 e. The number of rotatable bonds is 12. The van der Waals surface area contributed by atoms with Gasteiger partial charge in [-0.25, -0.2) is 8.42 Å². The summed E-state index contributed by atoms with van der Waals surface area (Å²) in [6.45, 7) is 5.63. The number of sulfonamides is 1. The van der Waals surface area contributed by atoms with Gasteiger partial charge < -0.3 is 10.2 Å². The number of halogens is 1. The number of aryl methyl sites for hydroxylation is 2. The topological polar surface area (TPSA) is 86.8 Å². The van der Waals surface area contributed by atoms with Gasteiger partial charge in [0.05, 0.1) is 10.6 Å². The molecule has 4 aromatic carbocycles. The third-order valence-electron chi connectivity index (χ3n) is 7.03. The summed E-state index contributed by atoms with van der Waals surface area (Å²) in [5.74, 6) is -0.817. The molecule has 0 aromatic heterocycles. The minimum atomic E-state index is -4.18. The van der Waals surface area contributed by atoms with Gasteiger partial charge in [0.2, 0.25) is 11.8 Å². The van der Waals surface area contributed by atoms with Gasteiger partial charge in [-0.05, 0) is 73.9 Å². The first-order valence-corrected chi connectivity index (χ1v) is 15.9. The first-order chi connectivity index (χ1) is 20.6. The molecule has 0 aliphatic heterocycles. The highest BCUT2D eigenvalue weighted by atomic mass is 35.5. The maximum absolute atomic E-state index is 14.4. The van der Waals surface area contributed by atoms with Gasteiger partial charge in [-0.3, -0.25) is 13.9 Å². The summed E-state index contributed by atoms with van der Waals surface area (Å²) in [5, 5.41) is 3.27. The van der Waals surface area contributed by atoms with Crippen molar-refractivity contribution in [2.45, 2.75) is 44.7 Å². The SMILES string of the molecule is CCNC(=O)[C@@H](Cc1ccccc1)N(Cc1cccc(C)c1)C(=O)CN(c1cccc(C)c1)S(=O)(=O)c1ccc(Cl)cc1. The molecule has 2 amide bonds. The number of anilines is 1. The number of hydrogen-bond acceptors (Lipinski definition) is 4. The Morgan fingerprint density at radius 2 is 1.44 bits per heavy atom. The summed E-state index contributed by atoms with van der Waals surface area (Å²) in [6.07, 6.45) is 0.263. The summed E-state index contributed by atoms with van der Waals surface area (Å²) in [5.41, 5.74) is 3.90. The molecule has 43 heavy (non-hydrogen) atoms. The monoisotopic (exact) mass is 617 g/mol. The summed E-state index contributed by atoms with van der Waals surface area (Å²) in [7, 11) is -4.18. The Hall–Kier alpha value is -4.14. The van der Waals surface area contributed by atoms with E-state index in [1.807, 2.05) is 81.4 Å². The summed E-state index contributed by atoms with van der Waals surface area (Å²) in [4.78, 5) is 29.4. The molecule has 0 saturated carbocycles. The first kappa shape index (κ1) is 31.8. The fraction of sp³-hybridized carbons (Fsp3) is 0.235. The molecule has 4 aromatic rings. The Morgan fingerprint density at radius 3 is 2.07 bits per heavy atom. The van der Waals surface area contributed by atoms with E-state index < -0.39 is 28.5 Å². The Labute approximate surface area is 259 Å². The van der Waals surface area contributed by atoms with Gasteiger partial charge in [0.15, 0.2) is 0 Å². The van der Waals surface area contributed by atoms with Crippen LogP contribution in [0.5, 0.6) is 0 Å². The number of hydrogen-bond donors (Lipinski definition) is 1. The Morgan fingerprint density at radius 1 is 0.814 bits per heavy atom. The third kappa shape index (κ3) is 8.24. The van der Waals surface area contributed by atoms with Crippen molar-refractivity contribution >= 4 is 39.1 Å². The maximum Gasteiger partial charge on any atom is 0.264 e. The van der Waals surface area contributed by atoms with Gasteiger partial charge in [0.1, 0.15) is 12.6 Å². The lowest BCUT2D eigenvalue weighted by Crippen LogP contribution is -2.53. The van der Waals surface area contributed by atoms with Crippen molar-refractivity contribution < 1.29 is 18.0 Å². The molecule has 1 atom stereocenters. The van der Waals surface area contributed by atoms with Gasteiger partial charge in [0.25, 0.3) is 10.0 Å². The molecule has 224 valence electrons. The number of likely N-dealkylation sites (N-methyl/N-ethyl adjacent to an activating group) is 1. The number of carbonyl (C=O) groups excluding carboxylic acids is 2. The average Bonchev–Trinajstić information content (AvgIpc) is 2.98. The van der Waals surface area contributed by atoms with Crippen molar-refractivity contribution in [3.8, 4) is 0 Å². The molecule has 0 unspecified atom stereocenters. The van der Waals surface area contributed by atoms with Crippen molar-refractivity contribution in [1.82, 2.24) is 10.2 Å². The van der Waals surface area contributed by atoms with E-state index in [1.165, 1.54) is 29.2 Å². The zero-order chi connectivity index (χ0) is 31.0. The van der Waals surface area contributed by atoms with Crippen LogP contribution in [0.3, 0.4) is 0 Å². The highest BCUT2D eigenvalue weighted by Gasteiger charge is 2.34. The van der Waals surface area contributed by atoms with Gasteiger partial charge in [-0.15, -0.1) is 0 Å². The molecule has 0 heterocycles. The zero-order valence-corrected chi connectivity index (χ0v) is 26.1. The molecule has 7 nitrogen and oxygen atoms in total. The highest BCUT2D eigenvalue weighted by molar-refractivity contribution is 7.92. The number of carbonyl (C=O) groups is 2. The Bertz CT molecular complexity index is 1660. The standard InChI is InChI=1S/C34H36ClN3O4S/c1-4-36-34(40)32(22-27-12-6-5-7-13-27)37(23-28-14-8-10-25(2)20-28)33(39)24-38(30-15-9-11-26(3)21-30)43(41,42)31-18-16-29(35)17-19-31/h5-21,32H,4,22-24H2,1-3H3,(H,36,40)/t32-/m1/s1. The van der Waals surface area contributed by atoms with Crippen LogP contribution in [0, 0.1) is 13.8 Å². The van der Waals surface area contributed by atoms with Gasteiger partial charge in [0, 0.05) is 24.5 Å². The van der Waals surface area contributed by atoms with Crippen LogP contribution in [0.1, 0.15) is 29.2 Å². The first-order valence-electron chi connectivity index (χ1n) is 14.1. The van der Waals surface area contributed by atoms with Crippen LogP contribution in [0.4, 0.5) is 5.69 Å². The van der Waals surface area contributed by atoms with Gasteiger partial charge in [-0.2, -0.15) is 0 Å². The zero-order valence-electron chi connectivity index (χ0n) is 24.5. The fourth-order valence-electron chi connectivity index (χ4n) is 4.90. The molecular formula is C34H36ClN3O4S. The quantitative estimate of drug-likeness (QED) is 0.214. The molecule has 0 aliphatic rings. The Balaban J connectivity index is 1.80. The van der Waals surface area contributed by atoms with Crippen molar-refractivity contribution in [2.24, 2.45) is 0 Å². The van der Waals surface area contributed by atoms with Crippen LogP contribution < -0.4 is 9.62 Å². The van der Waals surface area contributed by atoms with E-state index in [4.69, 9.17) is 11.6 Å². The van der Waals surface area contributed by atoms with Gasteiger partial charge in [-0.1, -0.05) is 83.9 Å². The number of nitrogens with one attached hydrogen (secondary N) is 1. The van der Waals surface area contributed by atoms with E-state index in [0.29, 0.717) is 17.3 Å². The summed E-state index contributed by atoms with van der Waals surface area (Å²) >= 11 is 6.04. The minimum Gasteiger partial charge on any atom is -0.355 e. The lowest BCUT2D eigenvalue weighted by Gasteiger charge is -2.34. The molecule has 0 aliphatic carbocycles. The molecule has 0 bridgehead atoms. The second kappa shape index (κ2) is 14.4. The van der Waals surface area contributed by atoms with E-state index in [0.717, 1.165) is 26.6 Å². The molecule has 0 fully saturated rings. The molecule has 1 N–H and O–H groups in total.